The second kappa shape index (κ2) is 4.52. The molecule has 1 aliphatic heterocycles. The second-order valence-electron chi connectivity index (χ2n) is 4.96. The monoisotopic (exact) mass is 213 g/mol. The van der Waals surface area contributed by atoms with Crippen LogP contribution in [-0.2, 0) is 4.79 Å². The van der Waals surface area contributed by atoms with Gasteiger partial charge in [-0.15, -0.1) is 0 Å². The fraction of sp³-hybridized carbons (Fsp3) is 0.917. The van der Waals surface area contributed by atoms with Crippen LogP contribution in [0.4, 0.5) is 0 Å². The van der Waals surface area contributed by atoms with Gasteiger partial charge < -0.3 is 10.0 Å². The fourth-order valence-electron chi connectivity index (χ4n) is 2.33. The van der Waals surface area contributed by atoms with E-state index in [0.717, 1.165) is 12.8 Å². The predicted molar refractivity (Wildman–Crippen MR) is 60.5 cm³/mol. The number of aliphatic hydroxyl groups excluding tert-OH is 1. The third kappa shape index (κ3) is 2.17. The number of rotatable bonds is 3. The van der Waals surface area contributed by atoms with E-state index >= 15 is 0 Å². The van der Waals surface area contributed by atoms with Gasteiger partial charge in [-0.3, -0.25) is 4.79 Å². The third-order valence-corrected chi connectivity index (χ3v) is 3.74. The third-order valence-electron chi connectivity index (χ3n) is 3.74. The van der Waals surface area contributed by atoms with Gasteiger partial charge in [0.1, 0.15) is 0 Å². The molecule has 0 bridgehead atoms. The van der Waals surface area contributed by atoms with Crippen molar-refractivity contribution in [2.24, 2.45) is 5.92 Å². The van der Waals surface area contributed by atoms with Gasteiger partial charge in [-0.2, -0.15) is 0 Å². The van der Waals surface area contributed by atoms with Crippen LogP contribution in [0.5, 0.6) is 0 Å². The summed E-state index contributed by atoms with van der Waals surface area (Å²) in [4.78, 5) is 14.0. The summed E-state index contributed by atoms with van der Waals surface area (Å²) in [5.41, 5.74) is -0.389. The Morgan fingerprint density at radius 3 is 2.33 bits per heavy atom. The minimum atomic E-state index is -0.389. The van der Waals surface area contributed by atoms with Crippen LogP contribution in [0.2, 0.25) is 0 Å². The zero-order chi connectivity index (χ0) is 11.6. The number of hydrogen-bond acceptors (Lipinski definition) is 2. The summed E-state index contributed by atoms with van der Waals surface area (Å²) in [6.45, 7) is 8.69. The lowest BCUT2D eigenvalue weighted by Gasteiger charge is -2.35. The summed E-state index contributed by atoms with van der Waals surface area (Å²) >= 11 is 0. The normalized spacial score (nSPS) is 24.9. The van der Waals surface area contributed by atoms with E-state index in [1.165, 1.54) is 0 Å². The SMILES string of the molecule is CCC(CC)C(=O)N1CCC(O)C1(C)C. The van der Waals surface area contributed by atoms with E-state index in [1.54, 1.807) is 0 Å². The van der Waals surface area contributed by atoms with Gasteiger partial charge in [-0.05, 0) is 33.1 Å². The zero-order valence-electron chi connectivity index (χ0n) is 10.3. The first-order valence-electron chi connectivity index (χ1n) is 5.94. The lowest BCUT2D eigenvalue weighted by atomic mass is 9.95. The Bertz CT molecular complexity index is 234. The molecule has 1 rings (SSSR count). The van der Waals surface area contributed by atoms with Crippen LogP contribution in [0, 0.1) is 5.92 Å². The molecule has 0 aromatic rings. The van der Waals surface area contributed by atoms with Gasteiger partial charge in [0.05, 0.1) is 11.6 Å². The Morgan fingerprint density at radius 1 is 1.47 bits per heavy atom. The van der Waals surface area contributed by atoms with Crippen molar-refractivity contribution in [3.63, 3.8) is 0 Å². The highest BCUT2D eigenvalue weighted by Gasteiger charge is 2.43. The molecule has 1 unspecified atom stereocenters. The number of aliphatic hydroxyl groups is 1. The number of carbonyl (C=O) groups excluding carboxylic acids is 1. The molecular formula is C12H23NO2. The number of nitrogens with zero attached hydrogens (tertiary/aromatic N) is 1. The summed E-state index contributed by atoms with van der Waals surface area (Å²) in [7, 11) is 0. The van der Waals surface area contributed by atoms with Gasteiger partial charge in [-0.25, -0.2) is 0 Å². The average molecular weight is 213 g/mol. The molecule has 1 heterocycles. The molecule has 1 N–H and O–H groups in total. The summed E-state index contributed by atoms with van der Waals surface area (Å²) in [6, 6.07) is 0. The number of likely N-dealkylation sites (tertiary alicyclic amines) is 1. The largest absolute Gasteiger partial charge is 0.391 e. The lowest BCUT2D eigenvalue weighted by Crippen LogP contribution is -2.50. The standard InChI is InChI=1S/C12H23NO2/c1-5-9(6-2)11(15)13-8-7-10(14)12(13,3)4/h9-10,14H,5-8H2,1-4H3. The highest BCUT2D eigenvalue weighted by atomic mass is 16.3. The summed E-state index contributed by atoms with van der Waals surface area (Å²) in [6.07, 6.45) is 2.10. The minimum absolute atomic E-state index is 0.120. The van der Waals surface area contributed by atoms with E-state index in [0.29, 0.717) is 13.0 Å². The molecule has 0 aromatic heterocycles. The van der Waals surface area contributed by atoms with Crippen molar-refractivity contribution in [1.82, 2.24) is 4.90 Å². The Kier molecular flexibility index (Phi) is 3.77. The average Bonchev–Trinajstić information content (AvgIpc) is 2.44. The first-order valence-corrected chi connectivity index (χ1v) is 5.94. The van der Waals surface area contributed by atoms with Crippen molar-refractivity contribution in [2.75, 3.05) is 6.54 Å². The maximum atomic E-state index is 12.2. The lowest BCUT2D eigenvalue weighted by molar-refractivity contribution is -0.140. The topological polar surface area (TPSA) is 40.5 Å². The number of amides is 1. The van der Waals surface area contributed by atoms with Crippen molar-refractivity contribution < 1.29 is 9.90 Å². The molecule has 1 amide bonds. The Balaban J connectivity index is 2.76. The van der Waals surface area contributed by atoms with Crippen molar-refractivity contribution in [3.05, 3.63) is 0 Å². The van der Waals surface area contributed by atoms with Crippen molar-refractivity contribution in [1.29, 1.82) is 0 Å². The van der Waals surface area contributed by atoms with Gasteiger partial charge in [0.15, 0.2) is 0 Å². The molecule has 1 fully saturated rings. The van der Waals surface area contributed by atoms with Gasteiger partial charge in [0.25, 0.3) is 0 Å². The van der Waals surface area contributed by atoms with Crippen LogP contribution in [0.25, 0.3) is 0 Å². The van der Waals surface area contributed by atoms with Crippen molar-refractivity contribution >= 4 is 5.91 Å². The van der Waals surface area contributed by atoms with E-state index < -0.39 is 0 Å². The molecule has 3 heteroatoms. The van der Waals surface area contributed by atoms with Gasteiger partial charge in [0, 0.05) is 12.5 Å². The van der Waals surface area contributed by atoms with Crippen LogP contribution in [0.3, 0.4) is 0 Å². The second-order valence-corrected chi connectivity index (χ2v) is 4.96. The van der Waals surface area contributed by atoms with E-state index in [9.17, 15) is 9.90 Å². The van der Waals surface area contributed by atoms with Crippen LogP contribution < -0.4 is 0 Å². The fourth-order valence-corrected chi connectivity index (χ4v) is 2.33. The molecule has 3 nitrogen and oxygen atoms in total. The summed E-state index contributed by atoms with van der Waals surface area (Å²) in [5, 5.41) is 9.81. The molecule has 1 saturated heterocycles. The van der Waals surface area contributed by atoms with Crippen LogP contribution >= 0.6 is 0 Å². The van der Waals surface area contributed by atoms with E-state index in [1.807, 2.05) is 32.6 Å². The highest BCUT2D eigenvalue weighted by Crippen LogP contribution is 2.31. The molecule has 0 aliphatic carbocycles. The molecule has 1 aliphatic rings. The van der Waals surface area contributed by atoms with Crippen molar-refractivity contribution in [2.45, 2.75) is 58.6 Å². The van der Waals surface area contributed by atoms with Crippen molar-refractivity contribution in [3.8, 4) is 0 Å². The molecule has 0 aromatic carbocycles. The van der Waals surface area contributed by atoms with E-state index in [2.05, 4.69) is 0 Å². The Morgan fingerprint density at radius 2 is 2.00 bits per heavy atom. The molecule has 15 heavy (non-hydrogen) atoms. The van der Waals surface area contributed by atoms with E-state index in [-0.39, 0.29) is 23.5 Å². The first kappa shape index (κ1) is 12.5. The smallest absolute Gasteiger partial charge is 0.226 e. The molecule has 1 atom stereocenters. The summed E-state index contributed by atoms with van der Waals surface area (Å²) < 4.78 is 0. The van der Waals surface area contributed by atoms with E-state index in [4.69, 9.17) is 0 Å². The molecule has 0 saturated carbocycles. The predicted octanol–water partition coefficient (Wildman–Crippen LogP) is 1.79. The highest BCUT2D eigenvalue weighted by molar-refractivity contribution is 5.80. The maximum Gasteiger partial charge on any atom is 0.226 e. The maximum absolute atomic E-state index is 12.2. The van der Waals surface area contributed by atoms with Crippen LogP contribution in [-0.4, -0.2) is 34.1 Å². The van der Waals surface area contributed by atoms with Crippen LogP contribution in [0.1, 0.15) is 47.0 Å². The Labute approximate surface area is 92.5 Å². The zero-order valence-corrected chi connectivity index (χ0v) is 10.3. The minimum Gasteiger partial charge on any atom is -0.391 e. The van der Waals surface area contributed by atoms with Gasteiger partial charge >= 0.3 is 0 Å². The number of carbonyl (C=O) groups is 1. The van der Waals surface area contributed by atoms with Gasteiger partial charge in [-0.1, -0.05) is 13.8 Å². The molecule has 88 valence electrons. The Hall–Kier alpha value is -0.570. The summed E-state index contributed by atoms with van der Waals surface area (Å²) in [5.74, 6) is 0.330. The molecule has 0 spiro atoms. The first-order chi connectivity index (χ1) is 6.95. The number of hydrogen-bond donors (Lipinski definition) is 1. The van der Waals surface area contributed by atoms with Gasteiger partial charge in [0.2, 0.25) is 5.91 Å². The molecular weight excluding hydrogens is 190 g/mol. The molecule has 0 radical (unpaired) electrons. The quantitative estimate of drug-likeness (QED) is 0.776. The van der Waals surface area contributed by atoms with Crippen LogP contribution in [0.15, 0.2) is 0 Å².